The molecule has 0 atom stereocenters. The molecule has 0 aromatic heterocycles. The molecule has 0 radical (unpaired) electrons. The van der Waals surface area contributed by atoms with Crippen LogP contribution in [-0.2, 0) is 23.9 Å². The summed E-state index contributed by atoms with van der Waals surface area (Å²) in [7, 11) is 1.10. The summed E-state index contributed by atoms with van der Waals surface area (Å²) in [6.07, 6.45) is 0. The number of methoxy groups -OCH3 is 1. The van der Waals surface area contributed by atoms with Crippen LogP contribution in [0.15, 0.2) is 30.0 Å². The van der Waals surface area contributed by atoms with Gasteiger partial charge in [0.1, 0.15) is 0 Å². The van der Waals surface area contributed by atoms with Gasteiger partial charge >= 0.3 is 5.97 Å². The van der Waals surface area contributed by atoms with Crippen molar-refractivity contribution in [3.63, 3.8) is 0 Å². The van der Waals surface area contributed by atoms with Crippen LogP contribution in [0.1, 0.15) is 5.56 Å². The van der Waals surface area contributed by atoms with E-state index in [0.717, 1.165) is 7.11 Å². The molecular weight excluding hydrogens is 356 g/mol. The second kappa shape index (κ2) is 10.7. The SMILES string of the molecule is COC(=O)C(NC(=O)CN)=C(NC(=O)CN)c1ccccc1NC(=O)CN. The minimum absolute atomic E-state index is 0.118. The van der Waals surface area contributed by atoms with Crippen LogP contribution in [0, 0.1) is 0 Å². The molecule has 0 aliphatic rings. The summed E-state index contributed by atoms with van der Waals surface area (Å²) in [5.74, 6) is -2.78. The van der Waals surface area contributed by atoms with Gasteiger partial charge in [0, 0.05) is 5.56 Å². The zero-order valence-electron chi connectivity index (χ0n) is 14.7. The number of nitrogens with two attached hydrogens (primary N) is 3. The number of esters is 1. The summed E-state index contributed by atoms with van der Waals surface area (Å²) in [5.41, 5.74) is 15.9. The van der Waals surface area contributed by atoms with Gasteiger partial charge in [0.15, 0.2) is 5.70 Å². The molecule has 0 fully saturated rings. The Hall–Kier alpha value is -3.28. The number of anilines is 1. The van der Waals surface area contributed by atoms with Gasteiger partial charge in [-0.25, -0.2) is 4.79 Å². The number of nitrogens with one attached hydrogen (secondary N) is 3. The number of para-hydroxylation sites is 1. The number of hydrogen-bond donors (Lipinski definition) is 6. The lowest BCUT2D eigenvalue weighted by molar-refractivity contribution is -0.137. The quantitative estimate of drug-likeness (QED) is 0.212. The lowest BCUT2D eigenvalue weighted by Crippen LogP contribution is -2.38. The van der Waals surface area contributed by atoms with Crippen LogP contribution in [0.4, 0.5) is 5.69 Å². The maximum Gasteiger partial charge on any atom is 0.356 e. The van der Waals surface area contributed by atoms with Gasteiger partial charge in [-0.1, -0.05) is 18.2 Å². The zero-order valence-corrected chi connectivity index (χ0v) is 14.7. The van der Waals surface area contributed by atoms with Crippen molar-refractivity contribution in [2.75, 3.05) is 32.1 Å². The molecule has 1 rings (SSSR count). The van der Waals surface area contributed by atoms with E-state index in [2.05, 4.69) is 20.7 Å². The van der Waals surface area contributed by atoms with Crippen LogP contribution in [0.5, 0.6) is 0 Å². The summed E-state index contributed by atoms with van der Waals surface area (Å²) in [5, 5.41) is 7.27. The molecule has 11 heteroatoms. The topological polar surface area (TPSA) is 192 Å². The Balaban J connectivity index is 3.63. The van der Waals surface area contributed by atoms with E-state index < -0.39 is 30.2 Å². The molecule has 27 heavy (non-hydrogen) atoms. The fourth-order valence-electron chi connectivity index (χ4n) is 1.97. The summed E-state index contributed by atoms with van der Waals surface area (Å²) in [6.45, 7) is -1.08. The third-order valence-electron chi connectivity index (χ3n) is 3.20. The molecule has 3 amide bonds. The number of carbonyl (C=O) groups excluding carboxylic acids is 4. The molecule has 0 spiro atoms. The maximum atomic E-state index is 12.2. The number of benzene rings is 1. The Kier molecular flexibility index (Phi) is 8.59. The lowest BCUT2D eigenvalue weighted by Gasteiger charge is -2.18. The fraction of sp³-hybridized carbons (Fsp3) is 0.250. The molecule has 1 aromatic rings. The summed E-state index contributed by atoms with van der Waals surface area (Å²) >= 11 is 0. The van der Waals surface area contributed by atoms with Gasteiger partial charge in [-0.3, -0.25) is 14.4 Å². The predicted molar refractivity (Wildman–Crippen MR) is 97.5 cm³/mol. The molecule has 0 bridgehead atoms. The van der Waals surface area contributed by atoms with E-state index in [9.17, 15) is 19.2 Å². The average Bonchev–Trinajstić information content (AvgIpc) is 2.69. The first-order chi connectivity index (χ1) is 12.9. The average molecular weight is 378 g/mol. The van der Waals surface area contributed by atoms with Crippen LogP contribution in [0.25, 0.3) is 5.70 Å². The highest BCUT2D eigenvalue weighted by Crippen LogP contribution is 2.24. The standard InChI is InChI=1S/C16H22N6O5/c1-27-16(26)15(22-13(25)8-19)14(21-12(24)7-18)9-4-2-3-5-10(9)20-11(23)6-17/h2-5H,6-8,17-19H2,1H3,(H,20,23)(H,21,24)(H,22,25). The Morgan fingerprint density at radius 3 is 2.00 bits per heavy atom. The highest BCUT2D eigenvalue weighted by molar-refractivity contribution is 6.06. The number of rotatable bonds is 8. The Labute approximate surface area is 155 Å². The number of hydrogen-bond acceptors (Lipinski definition) is 8. The van der Waals surface area contributed by atoms with Crippen molar-refractivity contribution in [3.05, 3.63) is 35.5 Å². The number of ether oxygens (including phenoxy) is 1. The minimum atomic E-state index is -0.941. The Bertz CT molecular complexity index is 761. The second-order valence-electron chi connectivity index (χ2n) is 5.04. The van der Waals surface area contributed by atoms with Gasteiger partial charge < -0.3 is 37.9 Å². The van der Waals surface area contributed by atoms with Gasteiger partial charge in [-0.15, -0.1) is 0 Å². The van der Waals surface area contributed by atoms with Gasteiger partial charge in [0.25, 0.3) is 0 Å². The molecule has 0 heterocycles. The van der Waals surface area contributed by atoms with Gasteiger partial charge in [-0.2, -0.15) is 0 Å². The number of carbonyl (C=O) groups is 4. The minimum Gasteiger partial charge on any atom is -0.464 e. The van der Waals surface area contributed by atoms with E-state index in [1.165, 1.54) is 12.1 Å². The number of amides is 3. The van der Waals surface area contributed by atoms with Crippen molar-refractivity contribution in [3.8, 4) is 0 Å². The molecule has 0 aliphatic carbocycles. The monoisotopic (exact) mass is 378 g/mol. The van der Waals surface area contributed by atoms with E-state index in [1.807, 2.05) is 0 Å². The van der Waals surface area contributed by atoms with Gasteiger partial charge in [0.2, 0.25) is 17.7 Å². The first-order valence-electron chi connectivity index (χ1n) is 7.79. The zero-order chi connectivity index (χ0) is 20.4. The van der Waals surface area contributed by atoms with Crippen LogP contribution in [-0.4, -0.2) is 50.4 Å². The van der Waals surface area contributed by atoms with E-state index in [1.54, 1.807) is 12.1 Å². The third kappa shape index (κ3) is 6.18. The molecule has 0 saturated heterocycles. The Morgan fingerprint density at radius 2 is 1.44 bits per heavy atom. The van der Waals surface area contributed by atoms with E-state index in [-0.39, 0.29) is 35.7 Å². The molecule has 0 aliphatic heterocycles. The lowest BCUT2D eigenvalue weighted by atomic mass is 10.1. The third-order valence-corrected chi connectivity index (χ3v) is 3.20. The van der Waals surface area contributed by atoms with Gasteiger partial charge in [-0.05, 0) is 6.07 Å². The largest absolute Gasteiger partial charge is 0.464 e. The van der Waals surface area contributed by atoms with Crippen LogP contribution in [0.2, 0.25) is 0 Å². The molecule has 11 nitrogen and oxygen atoms in total. The predicted octanol–water partition coefficient (Wildman–Crippen LogP) is -2.42. The molecule has 1 aromatic carbocycles. The highest BCUT2D eigenvalue weighted by Gasteiger charge is 2.23. The van der Waals surface area contributed by atoms with Crippen LogP contribution < -0.4 is 33.2 Å². The van der Waals surface area contributed by atoms with Crippen LogP contribution in [0.3, 0.4) is 0 Å². The Morgan fingerprint density at radius 1 is 0.889 bits per heavy atom. The smallest absolute Gasteiger partial charge is 0.356 e. The first-order valence-corrected chi connectivity index (χ1v) is 7.79. The fourth-order valence-corrected chi connectivity index (χ4v) is 1.97. The maximum absolute atomic E-state index is 12.2. The molecular formula is C16H22N6O5. The van der Waals surface area contributed by atoms with E-state index >= 15 is 0 Å². The second-order valence-corrected chi connectivity index (χ2v) is 5.04. The van der Waals surface area contributed by atoms with Crippen molar-refractivity contribution in [2.24, 2.45) is 17.2 Å². The van der Waals surface area contributed by atoms with Crippen molar-refractivity contribution >= 4 is 35.1 Å². The van der Waals surface area contributed by atoms with Crippen molar-refractivity contribution in [1.82, 2.24) is 10.6 Å². The molecule has 9 N–H and O–H groups in total. The van der Waals surface area contributed by atoms with E-state index in [4.69, 9.17) is 17.2 Å². The summed E-state index contributed by atoms with van der Waals surface area (Å²) in [6, 6.07) is 6.25. The normalized spacial score (nSPS) is 11.1. The molecule has 0 unspecified atom stereocenters. The van der Waals surface area contributed by atoms with Gasteiger partial charge in [0.05, 0.1) is 38.1 Å². The van der Waals surface area contributed by atoms with Crippen molar-refractivity contribution in [1.29, 1.82) is 0 Å². The molecule has 0 saturated carbocycles. The first kappa shape index (κ1) is 21.8. The van der Waals surface area contributed by atoms with Crippen molar-refractivity contribution < 1.29 is 23.9 Å². The highest BCUT2D eigenvalue weighted by atomic mass is 16.5. The van der Waals surface area contributed by atoms with E-state index in [0.29, 0.717) is 0 Å². The summed E-state index contributed by atoms with van der Waals surface area (Å²) in [4.78, 5) is 47.5. The van der Waals surface area contributed by atoms with Crippen LogP contribution >= 0.6 is 0 Å². The summed E-state index contributed by atoms with van der Waals surface area (Å²) < 4.78 is 4.68. The molecule has 146 valence electrons. The van der Waals surface area contributed by atoms with Crippen molar-refractivity contribution in [2.45, 2.75) is 0 Å².